The second-order valence-corrected chi connectivity index (χ2v) is 12.5. The highest BCUT2D eigenvalue weighted by Crippen LogP contribution is 2.45. The SMILES string of the molecule is CNC(=O)c1cnc(CCC2CC2)c(Nc2nccc(-c3cc(C#N)c4c(c3)[C@@](C)(CO)CN4C(=O)OC(C)(C)C)n2)c1. The minimum Gasteiger partial charge on any atom is -0.443 e. The molecule has 0 bridgehead atoms. The van der Waals surface area contributed by atoms with E-state index in [4.69, 9.17) is 9.72 Å². The molecule has 0 spiro atoms. The Labute approximate surface area is 251 Å². The molecule has 0 saturated heterocycles. The van der Waals surface area contributed by atoms with E-state index in [1.54, 1.807) is 58.4 Å². The quantitative estimate of drug-likeness (QED) is 0.337. The number of nitrogens with zero attached hydrogens (tertiary/aromatic N) is 5. The van der Waals surface area contributed by atoms with Crippen LogP contribution in [0.3, 0.4) is 0 Å². The Hall–Kier alpha value is -4.56. The summed E-state index contributed by atoms with van der Waals surface area (Å²) in [6.45, 7) is 7.13. The molecule has 3 heterocycles. The Morgan fingerprint density at radius 2 is 2.00 bits per heavy atom. The topological polar surface area (TPSA) is 153 Å². The fourth-order valence-corrected chi connectivity index (χ4v) is 5.26. The fourth-order valence-electron chi connectivity index (χ4n) is 5.26. The molecule has 0 unspecified atom stereocenters. The third-order valence-electron chi connectivity index (χ3n) is 7.76. The number of carbonyl (C=O) groups is 2. The number of benzene rings is 1. The Morgan fingerprint density at radius 1 is 1.23 bits per heavy atom. The van der Waals surface area contributed by atoms with Gasteiger partial charge in [0.15, 0.2) is 0 Å². The van der Waals surface area contributed by atoms with Crippen molar-refractivity contribution in [2.45, 2.75) is 64.4 Å². The van der Waals surface area contributed by atoms with Crippen LogP contribution in [0.4, 0.5) is 22.1 Å². The van der Waals surface area contributed by atoms with Crippen LogP contribution in [0.15, 0.2) is 36.7 Å². The van der Waals surface area contributed by atoms with E-state index in [-0.39, 0.29) is 24.6 Å². The molecule has 43 heavy (non-hydrogen) atoms. The Bertz CT molecular complexity index is 1610. The van der Waals surface area contributed by atoms with Crippen LogP contribution in [-0.2, 0) is 16.6 Å². The monoisotopic (exact) mass is 583 g/mol. The number of fused-ring (bicyclic) bond motifs is 1. The highest BCUT2D eigenvalue weighted by Gasteiger charge is 2.44. The van der Waals surface area contributed by atoms with Crippen molar-refractivity contribution in [1.82, 2.24) is 20.3 Å². The summed E-state index contributed by atoms with van der Waals surface area (Å²) in [6.07, 6.45) is 6.89. The van der Waals surface area contributed by atoms with Crippen molar-refractivity contribution in [2.75, 3.05) is 30.4 Å². The Kier molecular flexibility index (Phi) is 8.08. The number of nitrogens with one attached hydrogen (secondary N) is 2. The average Bonchev–Trinajstić information content (AvgIpc) is 3.76. The number of ether oxygens (including phenoxy) is 1. The molecule has 1 saturated carbocycles. The van der Waals surface area contributed by atoms with Gasteiger partial charge >= 0.3 is 6.09 Å². The Balaban J connectivity index is 1.51. The van der Waals surface area contributed by atoms with Gasteiger partial charge in [0.2, 0.25) is 5.95 Å². The van der Waals surface area contributed by atoms with Crippen molar-refractivity contribution in [1.29, 1.82) is 5.26 Å². The zero-order chi connectivity index (χ0) is 30.9. The van der Waals surface area contributed by atoms with E-state index in [0.717, 1.165) is 24.5 Å². The van der Waals surface area contributed by atoms with Crippen LogP contribution in [0.5, 0.6) is 0 Å². The van der Waals surface area contributed by atoms with Gasteiger partial charge in [-0.15, -0.1) is 0 Å². The molecule has 1 aliphatic heterocycles. The number of pyridine rings is 1. The highest BCUT2D eigenvalue weighted by molar-refractivity contribution is 5.95. The van der Waals surface area contributed by atoms with Crippen LogP contribution in [0.25, 0.3) is 11.3 Å². The van der Waals surface area contributed by atoms with Gasteiger partial charge in [0, 0.05) is 37.0 Å². The van der Waals surface area contributed by atoms with E-state index in [2.05, 4.69) is 26.7 Å². The maximum absolute atomic E-state index is 13.1. The molecule has 5 rings (SSSR count). The second kappa shape index (κ2) is 11.6. The van der Waals surface area contributed by atoms with Gasteiger partial charge in [0.25, 0.3) is 5.91 Å². The number of hydrogen-bond donors (Lipinski definition) is 3. The zero-order valence-electron chi connectivity index (χ0n) is 25.2. The molecular formula is C32H37N7O4. The summed E-state index contributed by atoms with van der Waals surface area (Å²) in [5.74, 6) is 0.784. The van der Waals surface area contributed by atoms with Gasteiger partial charge in [-0.25, -0.2) is 14.8 Å². The number of aliphatic hydroxyl groups is 1. The first-order chi connectivity index (χ1) is 20.4. The predicted octanol–water partition coefficient (Wildman–Crippen LogP) is 4.86. The van der Waals surface area contributed by atoms with Crippen LogP contribution in [0.2, 0.25) is 0 Å². The first kappa shape index (κ1) is 29.9. The van der Waals surface area contributed by atoms with Crippen molar-refractivity contribution in [3.05, 3.63) is 59.0 Å². The third-order valence-corrected chi connectivity index (χ3v) is 7.76. The summed E-state index contributed by atoms with van der Waals surface area (Å²) < 4.78 is 5.61. The molecule has 3 aromatic rings. The summed E-state index contributed by atoms with van der Waals surface area (Å²) in [6, 6.07) is 9.25. The summed E-state index contributed by atoms with van der Waals surface area (Å²) >= 11 is 0. The van der Waals surface area contributed by atoms with Gasteiger partial charge in [-0.05, 0) is 69.4 Å². The van der Waals surface area contributed by atoms with Crippen molar-refractivity contribution in [2.24, 2.45) is 5.92 Å². The molecule has 2 amide bonds. The number of aromatic nitrogens is 3. The van der Waals surface area contributed by atoms with E-state index >= 15 is 0 Å². The summed E-state index contributed by atoms with van der Waals surface area (Å²) in [5, 5.41) is 26.4. The lowest BCUT2D eigenvalue weighted by Crippen LogP contribution is -2.40. The standard InChI is InChI=1S/C32H37N7O4/c1-31(2,3)43-30(42)39-17-32(4,18-40)23-13-20(12-21(15-33)27(23)39)24-10-11-35-29(37-24)38-26-14-22(28(41)34-5)16-36-25(26)9-8-19-6-7-19/h10-14,16,19,40H,6-9,17-18H2,1-5H3,(H,34,41)(H,35,37,38)/t32-/m1/s1. The first-order valence-electron chi connectivity index (χ1n) is 14.5. The van der Waals surface area contributed by atoms with E-state index in [9.17, 15) is 20.0 Å². The molecular weight excluding hydrogens is 546 g/mol. The van der Waals surface area contributed by atoms with E-state index in [1.807, 2.05) is 13.0 Å². The number of amides is 2. The summed E-state index contributed by atoms with van der Waals surface area (Å²) in [7, 11) is 1.57. The van der Waals surface area contributed by atoms with Gasteiger partial charge in [0.1, 0.15) is 11.7 Å². The average molecular weight is 584 g/mol. The smallest absolute Gasteiger partial charge is 0.414 e. The second-order valence-electron chi connectivity index (χ2n) is 12.5. The molecule has 2 aliphatic rings. The number of aryl methyl sites for hydroxylation is 1. The van der Waals surface area contributed by atoms with Gasteiger partial charge in [-0.2, -0.15) is 5.26 Å². The summed E-state index contributed by atoms with van der Waals surface area (Å²) in [4.78, 5) is 40.6. The number of anilines is 3. The minimum atomic E-state index is -0.815. The zero-order valence-corrected chi connectivity index (χ0v) is 25.2. The molecule has 0 radical (unpaired) electrons. The Morgan fingerprint density at radius 3 is 2.65 bits per heavy atom. The maximum Gasteiger partial charge on any atom is 0.414 e. The van der Waals surface area contributed by atoms with Crippen molar-refractivity contribution < 1.29 is 19.4 Å². The molecule has 11 heteroatoms. The molecule has 1 fully saturated rings. The van der Waals surface area contributed by atoms with E-state index in [1.165, 1.54) is 17.7 Å². The lowest BCUT2D eigenvalue weighted by molar-refractivity contribution is 0.0574. The molecule has 11 nitrogen and oxygen atoms in total. The predicted molar refractivity (Wildman–Crippen MR) is 162 cm³/mol. The summed E-state index contributed by atoms with van der Waals surface area (Å²) in [5.41, 5.74) is 2.92. The molecule has 3 N–H and O–H groups in total. The van der Waals surface area contributed by atoms with Gasteiger partial charge in [-0.3, -0.25) is 14.7 Å². The van der Waals surface area contributed by atoms with Crippen molar-refractivity contribution >= 4 is 29.3 Å². The molecule has 2 aromatic heterocycles. The van der Waals surface area contributed by atoms with Crippen LogP contribution < -0.4 is 15.5 Å². The molecule has 1 aromatic carbocycles. The van der Waals surface area contributed by atoms with Crippen LogP contribution in [0, 0.1) is 17.2 Å². The third kappa shape index (κ3) is 6.44. The van der Waals surface area contributed by atoms with Gasteiger partial charge in [0.05, 0.1) is 40.5 Å². The number of hydrogen-bond acceptors (Lipinski definition) is 9. The normalized spacial score (nSPS) is 17.7. The van der Waals surface area contributed by atoms with Crippen LogP contribution >= 0.6 is 0 Å². The maximum atomic E-state index is 13.1. The molecule has 224 valence electrons. The number of carbonyl (C=O) groups excluding carboxylic acids is 2. The van der Waals surface area contributed by atoms with E-state index in [0.29, 0.717) is 39.7 Å². The minimum absolute atomic E-state index is 0.167. The number of nitriles is 1. The van der Waals surface area contributed by atoms with Crippen LogP contribution in [-0.4, -0.2) is 57.9 Å². The lowest BCUT2D eigenvalue weighted by Gasteiger charge is -2.26. The molecule has 1 atom stereocenters. The molecule has 1 aliphatic carbocycles. The fraction of sp³-hybridized carbons (Fsp3) is 0.438. The largest absolute Gasteiger partial charge is 0.443 e. The van der Waals surface area contributed by atoms with E-state index < -0.39 is 17.1 Å². The van der Waals surface area contributed by atoms with Crippen LogP contribution in [0.1, 0.15) is 74.1 Å². The number of rotatable bonds is 8. The van der Waals surface area contributed by atoms with Crippen molar-refractivity contribution in [3.63, 3.8) is 0 Å². The van der Waals surface area contributed by atoms with Gasteiger partial charge in [-0.1, -0.05) is 19.8 Å². The van der Waals surface area contributed by atoms with Crippen molar-refractivity contribution in [3.8, 4) is 17.3 Å². The highest BCUT2D eigenvalue weighted by atomic mass is 16.6. The number of aliphatic hydroxyl groups excluding tert-OH is 1. The first-order valence-corrected chi connectivity index (χ1v) is 14.5. The van der Waals surface area contributed by atoms with Gasteiger partial charge < -0.3 is 20.5 Å². The lowest BCUT2D eigenvalue weighted by atomic mass is 9.83.